The van der Waals surface area contributed by atoms with E-state index >= 15 is 0 Å². The summed E-state index contributed by atoms with van der Waals surface area (Å²) in [6.45, 7) is 4.71. The summed E-state index contributed by atoms with van der Waals surface area (Å²) >= 11 is 1.94. The first kappa shape index (κ1) is 19.3. The number of nitrogens with one attached hydrogen (secondary N) is 1. The molecule has 1 N–H and O–H groups in total. The Balaban J connectivity index is 1.50. The highest BCUT2D eigenvalue weighted by molar-refractivity contribution is 7.99. The van der Waals surface area contributed by atoms with Gasteiger partial charge in [0.15, 0.2) is 5.69 Å². The Morgan fingerprint density at radius 2 is 1.85 bits per heavy atom. The maximum Gasteiger partial charge on any atom is 0.274 e. The first-order valence-electron chi connectivity index (χ1n) is 11.0. The van der Waals surface area contributed by atoms with Crippen LogP contribution >= 0.6 is 11.8 Å². The van der Waals surface area contributed by atoms with Crippen LogP contribution in [-0.4, -0.2) is 57.3 Å². The molecule has 1 saturated carbocycles. The van der Waals surface area contributed by atoms with Gasteiger partial charge in [-0.3, -0.25) is 9.48 Å². The van der Waals surface area contributed by atoms with Crippen molar-refractivity contribution in [2.45, 2.75) is 83.3 Å². The Morgan fingerprint density at radius 1 is 1.11 bits per heavy atom. The van der Waals surface area contributed by atoms with Crippen LogP contribution in [0, 0.1) is 0 Å². The SMILES string of the molecule is CCn1nc(C(=O)N2CCSCC2)c2c1CCC(NC1CCCCCC1)C2. The number of carbonyl (C=O) groups is 1. The molecule has 2 fully saturated rings. The smallest absolute Gasteiger partial charge is 0.274 e. The largest absolute Gasteiger partial charge is 0.336 e. The molecule has 5 nitrogen and oxygen atoms in total. The lowest BCUT2D eigenvalue weighted by atomic mass is 9.90. The summed E-state index contributed by atoms with van der Waals surface area (Å²) in [4.78, 5) is 15.2. The topological polar surface area (TPSA) is 50.2 Å². The second kappa shape index (κ2) is 8.99. The number of fused-ring (bicyclic) bond motifs is 1. The lowest BCUT2D eigenvalue weighted by Crippen LogP contribution is -2.42. The Kier molecular flexibility index (Phi) is 6.43. The lowest BCUT2D eigenvalue weighted by molar-refractivity contribution is 0.0764. The van der Waals surface area contributed by atoms with E-state index in [9.17, 15) is 4.79 Å². The van der Waals surface area contributed by atoms with Gasteiger partial charge in [0, 0.05) is 54.5 Å². The minimum Gasteiger partial charge on any atom is -0.336 e. The molecule has 6 heteroatoms. The highest BCUT2D eigenvalue weighted by Crippen LogP contribution is 2.28. The van der Waals surface area contributed by atoms with Gasteiger partial charge in [0.25, 0.3) is 5.91 Å². The molecular formula is C21H34N4OS. The van der Waals surface area contributed by atoms with Crippen LogP contribution in [-0.2, 0) is 19.4 Å². The van der Waals surface area contributed by atoms with Crippen molar-refractivity contribution < 1.29 is 4.79 Å². The molecule has 1 aromatic rings. The van der Waals surface area contributed by atoms with E-state index in [0.717, 1.165) is 49.7 Å². The van der Waals surface area contributed by atoms with Crippen molar-refractivity contribution in [2.75, 3.05) is 24.6 Å². The summed E-state index contributed by atoms with van der Waals surface area (Å²) in [6.07, 6.45) is 11.3. The molecule has 0 spiro atoms. The molecule has 4 rings (SSSR count). The molecule has 0 radical (unpaired) electrons. The molecule has 1 unspecified atom stereocenters. The number of hydrogen-bond donors (Lipinski definition) is 1. The molecule has 0 bridgehead atoms. The van der Waals surface area contributed by atoms with Gasteiger partial charge in [-0.05, 0) is 39.0 Å². The van der Waals surface area contributed by atoms with Crippen LogP contribution < -0.4 is 5.32 Å². The minimum absolute atomic E-state index is 0.161. The van der Waals surface area contributed by atoms with Crippen molar-refractivity contribution in [1.29, 1.82) is 0 Å². The third-order valence-corrected chi connectivity index (χ3v) is 7.42. The van der Waals surface area contributed by atoms with Crippen molar-refractivity contribution in [3.05, 3.63) is 17.0 Å². The summed E-state index contributed by atoms with van der Waals surface area (Å²) in [5.41, 5.74) is 3.29. The number of thioether (sulfide) groups is 1. The van der Waals surface area contributed by atoms with Gasteiger partial charge in [0.2, 0.25) is 0 Å². The normalized spacial score (nSPS) is 24.5. The molecule has 2 heterocycles. The van der Waals surface area contributed by atoms with E-state index in [4.69, 9.17) is 5.10 Å². The van der Waals surface area contributed by atoms with Crippen molar-refractivity contribution in [3.63, 3.8) is 0 Å². The van der Waals surface area contributed by atoms with Crippen molar-refractivity contribution in [2.24, 2.45) is 0 Å². The Labute approximate surface area is 167 Å². The van der Waals surface area contributed by atoms with Crippen LogP contribution in [0.1, 0.15) is 73.6 Å². The van der Waals surface area contributed by atoms with Gasteiger partial charge in [-0.25, -0.2) is 0 Å². The first-order chi connectivity index (χ1) is 13.3. The summed E-state index contributed by atoms with van der Waals surface area (Å²) in [5, 5.41) is 8.72. The molecule has 2 aliphatic carbocycles. The van der Waals surface area contributed by atoms with Crippen molar-refractivity contribution >= 4 is 17.7 Å². The lowest BCUT2D eigenvalue weighted by Gasteiger charge is -2.29. The fourth-order valence-electron chi connectivity index (χ4n) is 4.96. The van der Waals surface area contributed by atoms with Crippen LogP contribution in [0.5, 0.6) is 0 Å². The zero-order chi connectivity index (χ0) is 18.6. The van der Waals surface area contributed by atoms with Crippen molar-refractivity contribution in [1.82, 2.24) is 20.0 Å². The Morgan fingerprint density at radius 3 is 2.56 bits per heavy atom. The summed E-state index contributed by atoms with van der Waals surface area (Å²) in [6, 6.07) is 1.16. The molecule has 1 aromatic heterocycles. The second-order valence-electron chi connectivity index (χ2n) is 8.29. The van der Waals surface area contributed by atoms with Gasteiger partial charge < -0.3 is 10.2 Å². The predicted octanol–water partition coefficient (Wildman–Crippen LogP) is 3.26. The van der Waals surface area contributed by atoms with E-state index in [-0.39, 0.29) is 5.91 Å². The monoisotopic (exact) mass is 390 g/mol. The zero-order valence-electron chi connectivity index (χ0n) is 16.7. The number of nitrogens with zero attached hydrogens (tertiary/aromatic N) is 3. The van der Waals surface area contributed by atoms with Crippen LogP contribution in [0.3, 0.4) is 0 Å². The van der Waals surface area contributed by atoms with Crippen LogP contribution in [0.25, 0.3) is 0 Å². The fraction of sp³-hybridized carbons (Fsp3) is 0.810. The molecule has 27 heavy (non-hydrogen) atoms. The first-order valence-corrected chi connectivity index (χ1v) is 12.1. The van der Waals surface area contributed by atoms with Gasteiger partial charge in [-0.15, -0.1) is 0 Å². The van der Waals surface area contributed by atoms with E-state index in [1.54, 1.807) is 0 Å². The van der Waals surface area contributed by atoms with E-state index in [2.05, 4.69) is 16.9 Å². The van der Waals surface area contributed by atoms with E-state index in [0.29, 0.717) is 12.1 Å². The number of carbonyl (C=O) groups excluding carboxylic acids is 1. The van der Waals surface area contributed by atoms with Crippen LogP contribution in [0.4, 0.5) is 0 Å². The summed E-state index contributed by atoms with van der Waals surface area (Å²) in [7, 11) is 0. The molecule has 1 saturated heterocycles. The maximum atomic E-state index is 13.2. The van der Waals surface area contributed by atoms with Gasteiger partial charge in [-0.2, -0.15) is 16.9 Å². The molecule has 1 aliphatic heterocycles. The second-order valence-corrected chi connectivity index (χ2v) is 9.51. The highest BCUT2D eigenvalue weighted by atomic mass is 32.2. The third kappa shape index (κ3) is 4.37. The number of hydrogen-bond acceptors (Lipinski definition) is 4. The van der Waals surface area contributed by atoms with Crippen molar-refractivity contribution in [3.8, 4) is 0 Å². The highest BCUT2D eigenvalue weighted by Gasteiger charge is 2.32. The van der Waals surface area contributed by atoms with Gasteiger partial charge in [0.05, 0.1) is 0 Å². The van der Waals surface area contributed by atoms with Crippen LogP contribution in [0.2, 0.25) is 0 Å². The quantitative estimate of drug-likeness (QED) is 0.802. The average molecular weight is 391 g/mol. The zero-order valence-corrected chi connectivity index (χ0v) is 17.5. The summed E-state index contributed by atoms with van der Waals surface area (Å²) in [5.74, 6) is 2.26. The number of aryl methyl sites for hydroxylation is 1. The van der Waals surface area contributed by atoms with E-state index < -0.39 is 0 Å². The molecular weight excluding hydrogens is 356 g/mol. The van der Waals surface area contributed by atoms with Gasteiger partial charge in [0.1, 0.15) is 0 Å². The Hall–Kier alpha value is -1.01. The molecule has 1 atom stereocenters. The number of aromatic nitrogens is 2. The van der Waals surface area contributed by atoms with Crippen LogP contribution in [0.15, 0.2) is 0 Å². The average Bonchev–Trinajstić information content (AvgIpc) is 2.87. The molecule has 150 valence electrons. The number of amides is 1. The Bertz CT molecular complexity index is 645. The van der Waals surface area contributed by atoms with E-state index in [1.165, 1.54) is 56.2 Å². The molecule has 0 aromatic carbocycles. The fourth-order valence-corrected chi connectivity index (χ4v) is 5.86. The van der Waals surface area contributed by atoms with Gasteiger partial charge >= 0.3 is 0 Å². The minimum atomic E-state index is 0.161. The third-order valence-electron chi connectivity index (χ3n) is 6.47. The maximum absolute atomic E-state index is 13.2. The summed E-state index contributed by atoms with van der Waals surface area (Å²) < 4.78 is 2.09. The predicted molar refractivity (Wildman–Crippen MR) is 112 cm³/mol. The van der Waals surface area contributed by atoms with E-state index in [1.807, 2.05) is 16.7 Å². The standard InChI is InChI=1S/C21H34N4OS/c1-2-25-19-10-9-17(22-16-7-5-3-4-6-8-16)15-18(19)20(23-25)21(26)24-11-13-27-14-12-24/h16-17,22H,2-15H2,1H3. The van der Waals surface area contributed by atoms with Gasteiger partial charge in [-0.1, -0.05) is 25.7 Å². The molecule has 1 amide bonds. The molecule has 3 aliphatic rings. The number of rotatable bonds is 4.